The molecule has 25 heavy (non-hydrogen) atoms. The zero-order chi connectivity index (χ0) is 18.0. The number of hydrogen-bond donors (Lipinski definition) is 2. The van der Waals surface area contributed by atoms with E-state index in [9.17, 15) is 14.9 Å². The first kappa shape index (κ1) is 17.0. The van der Waals surface area contributed by atoms with Crippen LogP contribution in [0.2, 0.25) is 0 Å². The van der Waals surface area contributed by atoms with Gasteiger partial charge in [-0.15, -0.1) is 0 Å². The fraction of sp³-hybridized carbons (Fsp3) is 0.235. The third-order valence-corrected chi connectivity index (χ3v) is 3.97. The molecule has 2 heterocycles. The summed E-state index contributed by atoms with van der Waals surface area (Å²) in [5.41, 5.74) is 2.73. The highest BCUT2D eigenvalue weighted by atomic mass is 16.5. The van der Waals surface area contributed by atoms with Gasteiger partial charge in [0.2, 0.25) is 5.88 Å². The van der Waals surface area contributed by atoms with Crippen molar-refractivity contribution in [2.75, 3.05) is 0 Å². The first-order valence-electron chi connectivity index (χ1n) is 7.91. The molecule has 8 heteroatoms. The molecule has 0 fully saturated rings. The molecule has 1 aromatic carbocycles. The van der Waals surface area contributed by atoms with Crippen molar-refractivity contribution in [1.82, 2.24) is 14.5 Å². The number of carbonyl (C=O) groups excluding carboxylic acids is 1. The molecule has 2 aromatic heterocycles. The van der Waals surface area contributed by atoms with Gasteiger partial charge >= 0.3 is 7.12 Å². The van der Waals surface area contributed by atoms with Gasteiger partial charge in [-0.3, -0.25) is 4.79 Å². The standard InChI is InChI=1S/C17H18BN3O4/c1-11(2)16-20-14-7-8-19-17(23)15(14)21(16)9-12-3-5-13(6-4-12)18(24)25-10-22/h3-8,10-11,24H,9H2,1-2H3,(H,19,23). The van der Waals surface area contributed by atoms with Crippen LogP contribution >= 0.6 is 0 Å². The predicted molar refractivity (Wildman–Crippen MR) is 93.6 cm³/mol. The second kappa shape index (κ2) is 6.94. The number of aromatic hydroxyl groups is 1. The summed E-state index contributed by atoms with van der Waals surface area (Å²) in [6.07, 6.45) is 1.53. The van der Waals surface area contributed by atoms with E-state index in [0.717, 1.165) is 11.4 Å². The second-order valence-electron chi connectivity index (χ2n) is 6.04. The van der Waals surface area contributed by atoms with Crippen LogP contribution in [0.5, 0.6) is 5.88 Å². The Bertz CT molecular complexity index is 893. The number of rotatable bonds is 6. The number of aromatic nitrogens is 3. The van der Waals surface area contributed by atoms with Crippen molar-refractivity contribution in [3.05, 3.63) is 47.9 Å². The maximum Gasteiger partial charge on any atom is 0.561 e. The van der Waals surface area contributed by atoms with Crippen molar-refractivity contribution in [2.45, 2.75) is 26.3 Å². The van der Waals surface area contributed by atoms with Gasteiger partial charge in [0.05, 0.1) is 5.52 Å². The first-order chi connectivity index (χ1) is 12.0. The zero-order valence-electron chi connectivity index (χ0n) is 14.0. The Labute approximate surface area is 145 Å². The maximum absolute atomic E-state index is 10.3. The molecule has 128 valence electrons. The van der Waals surface area contributed by atoms with E-state index >= 15 is 0 Å². The Hall–Kier alpha value is -2.87. The van der Waals surface area contributed by atoms with Crippen LogP contribution in [-0.4, -0.2) is 38.3 Å². The van der Waals surface area contributed by atoms with Gasteiger partial charge in [0, 0.05) is 18.7 Å². The van der Waals surface area contributed by atoms with E-state index in [1.165, 1.54) is 6.20 Å². The molecule has 7 nitrogen and oxygen atoms in total. The van der Waals surface area contributed by atoms with Crippen LogP contribution < -0.4 is 5.46 Å². The summed E-state index contributed by atoms with van der Waals surface area (Å²) < 4.78 is 6.46. The van der Waals surface area contributed by atoms with Crippen LogP contribution in [-0.2, 0) is 16.0 Å². The Morgan fingerprint density at radius 2 is 2.00 bits per heavy atom. The van der Waals surface area contributed by atoms with E-state index < -0.39 is 7.12 Å². The predicted octanol–water partition coefficient (Wildman–Crippen LogP) is 1.17. The highest BCUT2D eigenvalue weighted by Crippen LogP contribution is 2.27. The van der Waals surface area contributed by atoms with Crippen LogP contribution in [0, 0.1) is 0 Å². The number of fused-ring (bicyclic) bond motifs is 1. The molecule has 2 N–H and O–H groups in total. The van der Waals surface area contributed by atoms with Gasteiger partial charge in [-0.2, -0.15) is 0 Å². The molecule has 0 saturated carbocycles. The third kappa shape index (κ3) is 3.34. The molecule has 0 atom stereocenters. The molecular formula is C17H18BN3O4. The monoisotopic (exact) mass is 339 g/mol. The smallest absolute Gasteiger partial charge is 0.508 e. The largest absolute Gasteiger partial charge is 0.561 e. The first-order valence-corrected chi connectivity index (χ1v) is 7.91. The van der Waals surface area contributed by atoms with Gasteiger partial charge in [-0.25, -0.2) is 9.97 Å². The Kier molecular flexibility index (Phi) is 4.71. The number of benzene rings is 1. The minimum atomic E-state index is -1.28. The fourth-order valence-electron chi connectivity index (χ4n) is 2.78. The van der Waals surface area contributed by atoms with Crippen LogP contribution in [0.4, 0.5) is 0 Å². The molecule has 0 saturated heterocycles. The molecule has 0 amide bonds. The van der Waals surface area contributed by atoms with E-state index in [-0.39, 0.29) is 18.3 Å². The van der Waals surface area contributed by atoms with Gasteiger partial charge in [0.1, 0.15) is 11.3 Å². The third-order valence-electron chi connectivity index (χ3n) is 3.97. The van der Waals surface area contributed by atoms with E-state index in [1.807, 2.05) is 30.5 Å². The zero-order valence-corrected chi connectivity index (χ0v) is 14.0. The molecule has 0 spiro atoms. The van der Waals surface area contributed by atoms with Crippen LogP contribution in [0.3, 0.4) is 0 Å². The minimum Gasteiger partial charge on any atom is -0.508 e. The van der Waals surface area contributed by atoms with E-state index in [1.54, 1.807) is 18.2 Å². The van der Waals surface area contributed by atoms with E-state index in [2.05, 4.69) is 14.6 Å². The lowest BCUT2D eigenvalue weighted by Crippen LogP contribution is -2.33. The minimum absolute atomic E-state index is 0.0525. The lowest BCUT2D eigenvalue weighted by Gasteiger charge is -2.12. The van der Waals surface area contributed by atoms with Crippen LogP contribution in [0.1, 0.15) is 31.2 Å². The van der Waals surface area contributed by atoms with Crippen molar-refractivity contribution >= 4 is 30.1 Å². The molecule has 3 aromatic rings. The Morgan fingerprint density at radius 1 is 1.28 bits per heavy atom. The van der Waals surface area contributed by atoms with Gasteiger partial charge in [0.25, 0.3) is 6.47 Å². The summed E-state index contributed by atoms with van der Waals surface area (Å²) in [6, 6.07) is 8.81. The molecule has 0 unspecified atom stereocenters. The average Bonchev–Trinajstić information content (AvgIpc) is 2.96. The SMILES string of the molecule is CC(C)c1nc2ccnc(O)c2n1Cc1ccc(B(O)OC=O)cc1. The highest BCUT2D eigenvalue weighted by Gasteiger charge is 2.19. The lowest BCUT2D eigenvalue weighted by atomic mass is 9.79. The topological polar surface area (TPSA) is 97.5 Å². The normalized spacial score (nSPS) is 11.0. The maximum atomic E-state index is 10.3. The highest BCUT2D eigenvalue weighted by molar-refractivity contribution is 6.61. The quantitative estimate of drug-likeness (QED) is 0.517. The molecule has 0 aliphatic heterocycles. The van der Waals surface area contributed by atoms with Gasteiger partial charge < -0.3 is 19.4 Å². The van der Waals surface area contributed by atoms with Crippen molar-refractivity contribution in [2.24, 2.45) is 0 Å². The molecule has 3 rings (SSSR count). The summed E-state index contributed by atoms with van der Waals surface area (Å²) in [6.45, 7) is 4.78. The van der Waals surface area contributed by atoms with Crippen molar-refractivity contribution in [3.8, 4) is 5.88 Å². The molecule has 0 aliphatic rings. The van der Waals surface area contributed by atoms with Gasteiger partial charge in [-0.05, 0) is 17.1 Å². The number of nitrogens with zero attached hydrogens (tertiary/aromatic N) is 3. The summed E-state index contributed by atoms with van der Waals surface area (Å²) in [4.78, 5) is 18.9. The van der Waals surface area contributed by atoms with E-state index in [0.29, 0.717) is 23.0 Å². The number of carbonyl (C=O) groups is 1. The summed E-state index contributed by atoms with van der Waals surface area (Å²) in [5, 5.41) is 19.8. The summed E-state index contributed by atoms with van der Waals surface area (Å²) >= 11 is 0. The lowest BCUT2D eigenvalue weighted by molar-refractivity contribution is -0.121. The molecular weight excluding hydrogens is 321 g/mol. The average molecular weight is 339 g/mol. The van der Waals surface area contributed by atoms with E-state index in [4.69, 9.17) is 0 Å². The van der Waals surface area contributed by atoms with Crippen molar-refractivity contribution < 1.29 is 19.6 Å². The van der Waals surface area contributed by atoms with Gasteiger partial charge in [-0.1, -0.05) is 38.1 Å². The van der Waals surface area contributed by atoms with Crippen LogP contribution in [0.15, 0.2) is 36.5 Å². The number of hydrogen-bond acceptors (Lipinski definition) is 6. The summed E-state index contributed by atoms with van der Waals surface area (Å²) in [5.74, 6) is 0.976. The fourth-order valence-corrected chi connectivity index (χ4v) is 2.78. The summed E-state index contributed by atoms with van der Waals surface area (Å²) in [7, 11) is -1.28. The molecule has 0 radical (unpaired) electrons. The number of imidazole rings is 1. The van der Waals surface area contributed by atoms with Crippen LogP contribution in [0.25, 0.3) is 11.0 Å². The Morgan fingerprint density at radius 3 is 2.64 bits per heavy atom. The molecule has 0 bridgehead atoms. The van der Waals surface area contributed by atoms with Crippen molar-refractivity contribution in [1.29, 1.82) is 0 Å². The van der Waals surface area contributed by atoms with Gasteiger partial charge in [0.15, 0.2) is 0 Å². The Balaban J connectivity index is 1.97. The second-order valence-corrected chi connectivity index (χ2v) is 6.04. The molecule has 0 aliphatic carbocycles. The van der Waals surface area contributed by atoms with Crippen molar-refractivity contribution in [3.63, 3.8) is 0 Å². The number of pyridine rings is 1.